The summed E-state index contributed by atoms with van der Waals surface area (Å²) >= 11 is 0. The van der Waals surface area contributed by atoms with Gasteiger partial charge in [-0.2, -0.15) is 0 Å². The van der Waals surface area contributed by atoms with Crippen LogP contribution in [0.2, 0.25) is 0 Å². The van der Waals surface area contributed by atoms with Crippen molar-refractivity contribution in [2.75, 3.05) is 0 Å². The molecule has 0 saturated heterocycles. The molecule has 0 saturated carbocycles. The summed E-state index contributed by atoms with van der Waals surface area (Å²) in [5.41, 5.74) is 15.8. The zero-order valence-electron chi connectivity index (χ0n) is 74.5. The van der Waals surface area contributed by atoms with Crippen LogP contribution in [-0.2, 0) is 0 Å². The molecule has 18 aromatic rings. The summed E-state index contributed by atoms with van der Waals surface area (Å²) in [7, 11) is 0. The summed E-state index contributed by atoms with van der Waals surface area (Å²) in [4.78, 5) is 74.2. The molecule has 18 nitrogen and oxygen atoms in total. The Morgan fingerprint density at radius 2 is 0.564 bits per heavy atom. The van der Waals surface area contributed by atoms with Gasteiger partial charge in [-0.25, -0.2) is 9.97 Å². The van der Waals surface area contributed by atoms with Gasteiger partial charge in [-0.1, -0.05) is 155 Å². The second-order valence-electron chi connectivity index (χ2n) is 22.6. The molecule has 17 heterocycles. The highest BCUT2D eigenvalue weighted by Crippen LogP contribution is 2.20. The van der Waals surface area contributed by atoms with Crippen LogP contribution in [0.1, 0.15) is 175 Å². The molecule has 0 amide bonds. The zero-order chi connectivity index (χ0) is 87.1. The average Bonchev–Trinajstić information content (AvgIpc) is 0.851. The first-order valence-electron chi connectivity index (χ1n) is 40.8. The fraction of sp³-hybridized carbons (Fsp3) is 0.273. The Hall–Kier alpha value is -13.0. The summed E-state index contributed by atoms with van der Waals surface area (Å²) in [6, 6.07) is 41.6. The number of pyridine rings is 16. The lowest BCUT2D eigenvalue weighted by molar-refractivity contribution is 1.15. The molecule has 0 unspecified atom stereocenters. The van der Waals surface area contributed by atoms with Gasteiger partial charge in [0.25, 0.3) is 0 Å². The molecular formula is C99H126N18. The van der Waals surface area contributed by atoms with Gasteiger partial charge in [-0.3, -0.25) is 79.7 Å². The molecule has 0 aliphatic rings. The van der Waals surface area contributed by atoms with Crippen LogP contribution in [0, 0.1) is 62.3 Å². The van der Waals surface area contributed by atoms with E-state index in [2.05, 4.69) is 103 Å². The first-order valence-corrected chi connectivity index (χ1v) is 40.8. The van der Waals surface area contributed by atoms with Crippen molar-refractivity contribution in [2.45, 2.75) is 187 Å². The topological polar surface area (TPSA) is 232 Å². The van der Waals surface area contributed by atoms with Crippen LogP contribution >= 0.6 is 0 Å². The number of para-hydroxylation sites is 1. The van der Waals surface area contributed by atoms with Crippen LogP contribution in [0.25, 0.3) is 97.7 Å². The molecule has 0 atom stereocenters. The van der Waals surface area contributed by atoms with E-state index in [0.717, 1.165) is 105 Å². The Labute approximate surface area is 697 Å². The van der Waals surface area contributed by atoms with Crippen molar-refractivity contribution in [3.05, 3.63) is 327 Å². The third kappa shape index (κ3) is 34.3. The molecule has 117 heavy (non-hydrogen) atoms. The fourth-order valence-corrected chi connectivity index (χ4v) is 10.3. The van der Waals surface area contributed by atoms with Gasteiger partial charge in [0.05, 0.1) is 45.0 Å². The van der Waals surface area contributed by atoms with Gasteiger partial charge in [0.1, 0.15) is 6.33 Å². The Kier molecular flexibility index (Phi) is 54.5. The van der Waals surface area contributed by atoms with E-state index >= 15 is 0 Å². The van der Waals surface area contributed by atoms with Crippen molar-refractivity contribution in [1.29, 1.82) is 0 Å². The standard InChI is InChI=1S/9C9H8N2.9C2H6/c1-7-9-3-4-10-6-8(9)2-5-11-7;1-7-9-6-10-4-2-8(9)3-5-11-7;1-7-4-11-6-8-5-10-3-2-9(7)8;1-7-4-11-5-8-2-3-10-6-9(7)8;1-7-8-3-2-5-11-9(8)4-6-10-7;1-7-9-8(4-6-10-7)3-2-5-11-9;1-7-5-10-6-9-8(7)3-2-4-11-9;1-7-5-9-8(11-6-7)3-2-4-10-9;1-7-8-4-2-3-5-9(8)11-6-10-7;9*1-2/h9*2-6H,1H3;9*1-2H3. The van der Waals surface area contributed by atoms with Crippen molar-refractivity contribution >= 4 is 97.7 Å². The van der Waals surface area contributed by atoms with Crippen molar-refractivity contribution in [3.8, 4) is 0 Å². The number of aryl methyl sites for hydroxylation is 9. The highest BCUT2D eigenvalue weighted by atomic mass is 14.8. The van der Waals surface area contributed by atoms with E-state index in [1.807, 2.05) is 370 Å². The van der Waals surface area contributed by atoms with E-state index in [1.165, 1.54) is 43.6 Å². The minimum absolute atomic E-state index is 0.957. The highest BCUT2D eigenvalue weighted by Gasteiger charge is 2.02. The minimum Gasteiger partial charge on any atom is -0.264 e. The Morgan fingerprint density at radius 3 is 1.15 bits per heavy atom. The smallest absolute Gasteiger partial charge is 0.116 e. The average molecular weight is 1570 g/mol. The molecule has 0 fully saturated rings. The molecule has 17 aromatic heterocycles. The maximum Gasteiger partial charge on any atom is 0.116 e. The Morgan fingerprint density at radius 1 is 0.179 bits per heavy atom. The summed E-state index contributed by atoms with van der Waals surface area (Å²) < 4.78 is 0. The lowest BCUT2D eigenvalue weighted by Crippen LogP contribution is -1.85. The molecule has 0 N–H and O–H groups in total. The van der Waals surface area contributed by atoms with Crippen molar-refractivity contribution < 1.29 is 0 Å². The molecule has 18 rings (SSSR count). The fourth-order valence-electron chi connectivity index (χ4n) is 10.3. The second-order valence-corrected chi connectivity index (χ2v) is 22.6. The zero-order valence-corrected chi connectivity index (χ0v) is 74.5. The molecule has 0 aliphatic heterocycles. The molecule has 0 spiro atoms. The number of nitrogens with zero attached hydrogens (tertiary/aromatic N) is 18. The third-order valence-corrected chi connectivity index (χ3v) is 15.5. The SMILES string of the molecule is CC.CC.CC.CC.CC.CC.CC.CC.CC.Cc1cnc2cccnc2c1.Cc1cncc2ccncc12.Cc1cncc2cnccc12.Cc1cncc2ncccc12.Cc1nccc2cccnc12.Cc1nccc2ccncc12.Cc1nccc2cnccc12.Cc1nccc2ncccc12.Cc1ncnc2ccccc12. The number of fused-ring (bicyclic) bond motifs is 9. The van der Waals surface area contributed by atoms with Gasteiger partial charge in [0, 0.05) is 213 Å². The molecule has 612 valence electrons. The first-order chi connectivity index (χ1) is 57.4. The van der Waals surface area contributed by atoms with Crippen LogP contribution in [-0.4, -0.2) is 89.7 Å². The van der Waals surface area contributed by atoms with E-state index in [-0.39, 0.29) is 0 Å². The maximum absolute atomic E-state index is 4.22. The summed E-state index contributed by atoms with van der Waals surface area (Å²) in [6.45, 7) is 54.1. The molecular weight excluding hydrogens is 1440 g/mol. The lowest BCUT2D eigenvalue weighted by Gasteiger charge is -1.97. The Bertz CT molecular complexity index is 4660. The normalized spacial score (nSPS) is 9.15. The summed E-state index contributed by atoms with van der Waals surface area (Å²) in [6.07, 6.45) is 43.4. The summed E-state index contributed by atoms with van der Waals surface area (Å²) in [5.74, 6) is 0. The number of rotatable bonds is 0. The van der Waals surface area contributed by atoms with Gasteiger partial charge >= 0.3 is 0 Å². The number of benzene rings is 1. The molecule has 0 radical (unpaired) electrons. The van der Waals surface area contributed by atoms with Gasteiger partial charge in [0.2, 0.25) is 0 Å². The Balaban J connectivity index is 0.000000642. The molecule has 0 bridgehead atoms. The van der Waals surface area contributed by atoms with Gasteiger partial charge in [-0.15, -0.1) is 0 Å². The number of hydrogen-bond acceptors (Lipinski definition) is 18. The van der Waals surface area contributed by atoms with Gasteiger partial charge < -0.3 is 0 Å². The van der Waals surface area contributed by atoms with Crippen LogP contribution in [0.3, 0.4) is 0 Å². The van der Waals surface area contributed by atoms with Crippen LogP contribution in [0.4, 0.5) is 0 Å². The lowest BCUT2D eigenvalue weighted by atomic mass is 10.1. The van der Waals surface area contributed by atoms with E-state index < -0.39 is 0 Å². The largest absolute Gasteiger partial charge is 0.264 e. The van der Waals surface area contributed by atoms with Crippen molar-refractivity contribution in [3.63, 3.8) is 0 Å². The summed E-state index contributed by atoms with van der Waals surface area (Å²) in [5, 5.41) is 13.9. The van der Waals surface area contributed by atoms with Crippen molar-refractivity contribution in [1.82, 2.24) is 89.7 Å². The maximum atomic E-state index is 4.22. The van der Waals surface area contributed by atoms with E-state index in [1.54, 1.807) is 80.7 Å². The van der Waals surface area contributed by atoms with Crippen LogP contribution < -0.4 is 0 Å². The van der Waals surface area contributed by atoms with E-state index in [4.69, 9.17) is 0 Å². The molecule has 18 heteroatoms. The minimum atomic E-state index is 0.957. The monoisotopic (exact) mass is 1570 g/mol. The second kappa shape index (κ2) is 62.5. The highest BCUT2D eigenvalue weighted by molar-refractivity contribution is 5.87. The van der Waals surface area contributed by atoms with Crippen LogP contribution in [0.5, 0.6) is 0 Å². The third-order valence-electron chi connectivity index (χ3n) is 15.5. The van der Waals surface area contributed by atoms with Crippen molar-refractivity contribution in [2.24, 2.45) is 0 Å². The predicted octanol–water partition coefficient (Wildman–Crippen LogP) is 26.7. The van der Waals surface area contributed by atoms with Crippen LogP contribution in [0.15, 0.2) is 276 Å². The van der Waals surface area contributed by atoms with Gasteiger partial charge in [-0.05, 0) is 192 Å². The number of hydrogen-bond donors (Lipinski definition) is 0. The van der Waals surface area contributed by atoms with E-state index in [9.17, 15) is 0 Å². The molecule has 1 aromatic carbocycles. The van der Waals surface area contributed by atoms with E-state index in [0.29, 0.717) is 0 Å². The quantitative estimate of drug-likeness (QED) is 0.137. The molecule has 0 aliphatic carbocycles. The van der Waals surface area contributed by atoms with Gasteiger partial charge in [0.15, 0.2) is 0 Å². The predicted molar refractivity (Wildman–Crippen MR) is 501 cm³/mol. The number of aromatic nitrogens is 18. The first kappa shape index (κ1) is 102.